The van der Waals surface area contributed by atoms with Gasteiger partial charge in [0.25, 0.3) is 17.5 Å². The van der Waals surface area contributed by atoms with E-state index in [9.17, 15) is 24.1 Å². The van der Waals surface area contributed by atoms with Crippen LogP contribution in [-0.4, -0.2) is 16.7 Å². The number of anilines is 1. The van der Waals surface area contributed by atoms with Gasteiger partial charge in [0.1, 0.15) is 11.5 Å². The molecule has 0 aliphatic carbocycles. The predicted octanol–water partition coefficient (Wildman–Crippen LogP) is 5.11. The Hall–Kier alpha value is -4.04. The summed E-state index contributed by atoms with van der Waals surface area (Å²) in [6, 6.07) is 15.8. The third-order valence-corrected chi connectivity index (χ3v) is 4.64. The Kier molecular flexibility index (Phi) is 6.97. The fourth-order valence-corrected chi connectivity index (χ4v) is 2.94. The van der Waals surface area contributed by atoms with Crippen LogP contribution in [0.1, 0.15) is 21.5 Å². The van der Waals surface area contributed by atoms with Gasteiger partial charge in [-0.25, -0.2) is 4.39 Å². The normalized spacial score (nSPS) is 11.0. The lowest BCUT2D eigenvalue weighted by molar-refractivity contribution is -0.384. The van der Waals surface area contributed by atoms with Crippen molar-refractivity contribution < 1.29 is 18.9 Å². The van der Waals surface area contributed by atoms with Gasteiger partial charge in [0, 0.05) is 28.4 Å². The number of nitro groups is 1. The van der Waals surface area contributed by atoms with Crippen molar-refractivity contribution in [1.29, 1.82) is 0 Å². The summed E-state index contributed by atoms with van der Waals surface area (Å²) in [6.07, 6.45) is 1.29. The van der Waals surface area contributed by atoms with Gasteiger partial charge in [-0.3, -0.25) is 19.7 Å². The first-order valence-corrected chi connectivity index (χ1v) is 9.71. The molecule has 0 radical (unpaired) electrons. The van der Waals surface area contributed by atoms with Crippen molar-refractivity contribution in [2.45, 2.75) is 6.92 Å². The van der Waals surface area contributed by atoms with Crippen LogP contribution < -0.4 is 10.6 Å². The van der Waals surface area contributed by atoms with E-state index in [0.717, 1.165) is 6.07 Å². The summed E-state index contributed by atoms with van der Waals surface area (Å²) in [6.45, 7) is 1.58. The molecule has 0 saturated heterocycles. The Balaban J connectivity index is 1.95. The molecule has 0 fully saturated rings. The molecular weight excluding hydrogens is 437 g/mol. The van der Waals surface area contributed by atoms with Gasteiger partial charge in [0.05, 0.1) is 4.92 Å². The average Bonchev–Trinajstić information content (AvgIpc) is 2.76. The summed E-state index contributed by atoms with van der Waals surface area (Å²) in [4.78, 5) is 36.0. The molecule has 32 heavy (non-hydrogen) atoms. The zero-order valence-electron chi connectivity index (χ0n) is 16.8. The van der Waals surface area contributed by atoms with Crippen LogP contribution in [0.5, 0.6) is 0 Å². The van der Waals surface area contributed by atoms with Crippen LogP contribution in [0.25, 0.3) is 6.08 Å². The Morgan fingerprint density at radius 1 is 1.06 bits per heavy atom. The fourth-order valence-electron chi connectivity index (χ4n) is 2.75. The van der Waals surface area contributed by atoms with Gasteiger partial charge < -0.3 is 10.6 Å². The molecular formula is C23H17ClFN3O4. The summed E-state index contributed by atoms with van der Waals surface area (Å²) >= 11 is 5.93. The molecule has 9 heteroatoms. The SMILES string of the molecule is Cc1ccc(NC(=O)/C(=C/c2cccc([N+](=O)[O-])c2)NC(=O)c2cccc(Cl)c2)cc1F. The molecule has 7 nitrogen and oxygen atoms in total. The molecule has 2 N–H and O–H groups in total. The highest BCUT2D eigenvalue weighted by Crippen LogP contribution is 2.18. The number of carbonyl (C=O) groups excluding carboxylic acids is 2. The van der Waals surface area contributed by atoms with Crippen molar-refractivity contribution in [3.63, 3.8) is 0 Å². The monoisotopic (exact) mass is 453 g/mol. The molecule has 2 amide bonds. The molecule has 0 aromatic heterocycles. The van der Waals surface area contributed by atoms with Crippen molar-refractivity contribution in [2.75, 3.05) is 5.32 Å². The summed E-state index contributed by atoms with van der Waals surface area (Å²) < 4.78 is 13.9. The quantitative estimate of drug-likeness (QED) is 0.308. The van der Waals surface area contributed by atoms with Gasteiger partial charge in [0.15, 0.2) is 0 Å². The van der Waals surface area contributed by atoms with Gasteiger partial charge in [-0.15, -0.1) is 0 Å². The van der Waals surface area contributed by atoms with E-state index in [4.69, 9.17) is 11.6 Å². The maximum Gasteiger partial charge on any atom is 0.272 e. The number of non-ortho nitro benzene ring substituents is 1. The van der Waals surface area contributed by atoms with E-state index in [0.29, 0.717) is 16.1 Å². The summed E-state index contributed by atoms with van der Waals surface area (Å²) in [5.41, 5.74) is 0.726. The van der Waals surface area contributed by atoms with Crippen LogP contribution in [0.2, 0.25) is 5.02 Å². The number of aryl methyl sites for hydroxylation is 1. The lowest BCUT2D eigenvalue weighted by atomic mass is 10.1. The second kappa shape index (κ2) is 9.84. The minimum Gasteiger partial charge on any atom is -0.321 e. The third kappa shape index (κ3) is 5.77. The number of nitrogens with one attached hydrogen (secondary N) is 2. The van der Waals surface area contributed by atoms with Crippen LogP contribution in [0, 0.1) is 22.9 Å². The number of hydrogen-bond acceptors (Lipinski definition) is 4. The number of carbonyl (C=O) groups is 2. The molecule has 0 aliphatic rings. The zero-order chi connectivity index (χ0) is 23.3. The molecule has 162 valence electrons. The fraction of sp³-hybridized carbons (Fsp3) is 0.0435. The van der Waals surface area contributed by atoms with Crippen molar-refractivity contribution in [2.24, 2.45) is 0 Å². The number of nitro benzene ring substituents is 1. The topological polar surface area (TPSA) is 101 Å². The average molecular weight is 454 g/mol. The van der Waals surface area contributed by atoms with Gasteiger partial charge in [-0.2, -0.15) is 0 Å². The first-order valence-electron chi connectivity index (χ1n) is 9.33. The number of benzene rings is 3. The number of halogens is 2. The molecule has 0 aliphatic heterocycles. The highest BCUT2D eigenvalue weighted by Gasteiger charge is 2.16. The number of rotatable bonds is 6. The molecule has 0 bridgehead atoms. The second-order valence-electron chi connectivity index (χ2n) is 6.79. The van der Waals surface area contributed by atoms with Crippen molar-refractivity contribution >= 4 is 40.9 Å². The van der Waals surface area contributed by atoms with E-state index < -0.39 is 22.6 Å². The van der Waals surface area contributed by atoms with Crippen LogP contribution in [0.4, 0.5) is 15.8 Å². The molecule has 0 atom stereocenters. The molecule has 3 rings (SSSR count). The maximum absolute atomic E-state index is 13.9. The Labute approximate surface area is 187 Å². The Bertz CT molecular complexity index is 1240. The van der Waals surface area contributed by atoms with Gasteiger partial charge in [-0.05, 0) is 54.5 Å². The lowest BCUT2D eigenvalue weighted by Crippen LogP contribution is -2.30. The van der Waals surface area contributed by atoms with E-state index in [1.165, 1.54) is 54.6 Å². The zero-order valence-corrected chi connectivity index (χ0v) is 17.5. The number of hydrogen-bond donors (Lipinski definition) is 2. The van der Waals surface area contributed by atoms with E-state index in [-0.39, 0.29) is 22.6 Å². The highest BCUT2D eigenvalue weighted by atomic mass is 35.5. The standard InChI is InChI=1S/C23H17ClFN3O4/c1-14-8-9-18(13-20(14)25)26-23(30)21(11-15-4-2-7-19(10-15)28(31)32)27-22(29)16-5-3-6-17(24)12-16/h2-13H,1H3,(H,26,30)(H,27,29)/b21-11-. The predicted molar refractivity (Wildman–Crippen MR) is 120 cm³/mol. The van der Waals surface area contributed by atoms with E-state index in [1.807, 2.05) is 0 Å². The summed E-state index contributed by atoms with van der Waals surface area (Å²) in [7, 11) is 0. The second-order valence-corrected chi connectivity index (χ2v) is 7.23. The van der Waals surface area contributed by atoms with Crippen molar-refractivity contribution in [1.82, 2.24) is 5.32 Å². The van der Waals surface area contributed by atoms with Gasteiger partial charge >= 0.3 is 0 Å². The first kappa shape index (κ1) is 22.6. The third-order valence-electron chi connectivity index (χ3n) is 4.40. The Morgan fingerprint density at radius 3 is 2.50 bits per heavy atom. The van der Waals surface area contributed by atoms with Gasteiger partial charge in [0.2, 0.25) is 0 Å². The van der Waals surface area contributed by atoms with Crippen molar-refractivity contribution in [3.05, 3.63) is 110 Å². The summed E-state index contributed by atoms with van der Waals surface area (Å²) in [5.74, 6) is -1.86. The molecule has 0 unspecified atom stereocenters. The smallest absolute Gasteiger partial charge is 0.272 e. The van der Waals surface area contributed by atoms with Crippen LogP contribution in [0.15, 0.2) is 72.4 Å². The largest absolute Gasteiger partial charge is 0.321 e. The first-order chi connectivity index (χ1) is 15.2. The minimum absolute atomic E-state index is 0.180. The minimum atomic E-state index is -0.741. The highest BCUT2D eigenvalue weighted by molar-refractivity contribution is 6.31. The summed E-state index contributed by atoms with van der Waals surface area (Å²) in [5, 5.41) is 16.4. The van der Waals surface area contributed by atoms with Crippen LogP contribution in [-0.2, 0) is 4.79 Å². The van der Waals surface area contributed by atoms with Gasteiger partial charge in [-0.1, -0.05) is 35.9 Å². The van der Waals surface area contributed by atoms with E-state index in [1.54, 1.807) is 19.1 Å². The number of amides is 2. The van der Waals surface area contributed by atoms with E-state index >= 15 is 0 Å². The molecule has 0 saturated carbocycles. The molecule has 3 aromatic rings. The van der Waals surface area contributed by atoms with Crippen molar-refractivity contribution in [3.8, 4) is 0 Å². The van der Waals surface area contributed by atoms with E-state index in [2.05, 4.69) is 10.6 Å². The number of nitrogens with zero attached hydrogens (tertiary/aromatic N) is 1. The van der Waals surface area contributed by atoms with Crippen LogP contribution in [0.3, 0.4) is 0 Å². The maximum atomic E-state index is 13.9. The van der Waals surface area contributed by atoms with Crippen LogP contribution >= 0.6 is 11.6 Å². The lowest BCUT2D eigenvalue weighted by Gasteiger charge is -2.12. The Morgan fingerprint density at radius 2 is 1.81 bits per heavy atom. The molecule has 0 spiro atoms. The molecule has 3 aromatic carbocycles. The molecule has 0 heterocycles.